The molecule has 1 unspecified atom stereocenters. The first-order chi connectivity index (χ1) is 20.4. The van der Waals surface area contributed by atoms with Crippen molar-refractivity contribution in [2.24, 2.45) is 0 Å². The van der Waals surface area contributed by atoms with E-state index < -0.39 is 10.8 Å². The molecule has 8 rings (SSSR count). The van der Waals surface area contributed by atoms with Gasteiger partial charge in [-0.2, -0.15) is 0 Å². The minimum absolute atomic E-state index is 0.958. The Hall–Kier alpha value is -5.05. The van der Waals surface area contributed by atoms with E-state index in [9.17, 15) is 0 Å². The minimum Gasteiger partial charge on any atom is -0.257 e. The molecule has 2 aliphatic carbocycles. The molecule has 0 saturated carbocycles. The first kappa shape index (κ1) is 23.8. The molecule has 2 aliphatic heterocycles. The lowest BCUT2D eigenvalue weighted by Crippen LogP contribution is -2.48. The van der Waals surface area contributed by atoms with Crippen molar-refractivity contribution in [3.05, 3.63) is 169 Å². The lowest BCUT2D eigenvalue weighted by Gasteiger charge is -2.57. The highest BCUT2D eigenvalue weighted by Crippen LogP contribution is 2.80. The van der Waals surface area contributed by atoms with E-state index in [1.165, 1.54) is 17.1 Å². The number of hydrogen-bond donors (Lipinski definition) is 0. The highest BCUT2D eigenvalue weighted by atomic mass is 32.3. The summed E-state index contributed by atoms with van der Waals surface area (Å²) in [5.41, 5.74) is 16.0. The maximum absolute atomic E-state index is 3.51. The molecule has 0 aromatic heterocycles. The van der Waals surface area contributed by atoms with Crippen LogP contribution in [0.1, 0.15) is 12.8 Å². The van der Waals surface area contributed by atoms with Crippen LogP contribution in [0.15, 0.2) is 169 Å². The van der Waals surface area contributed by atoms with Crippen LogP contribution in [0.3, 0.4) is 0 Å². The molecule has 4 nitrogen and oxygen atoms in total. The Morgan fingerprint density at radius 1 is 0.561 bits per heavy atom. The summed E-state index contributed by atoms with van der Waals surface area (Å²) in [6.45, 7) is 0. The Morgan fingerprint density at radius 2 is 1.10 bits per heavy atom. The van der Waals surface area contributed by atoms with Crippen molar-refractivity contribution in [1.82, 2.24) is 0 Å². The molecule has 0 fully saturated rings. The van der Waals surface area contributed by atoms with Gasteiger partial charge in [0.1, 0.15) is 16.5 Å². The van der Waals surface area contributed by atoms with Crippen molar-refractivity contribution in [2.45, 2.75) is 12.8 Å². The van der Waals surface area contributed by atoms with Crippen LogP contribution >= 0.6 is 10.8 Å². The Balaban J connectivity index is 1.56. The molecule has 5 heteroatoms. The summed E-state index contributed by atoms with van der Waals surface area (Å²) >= 11 is 0. The summed E-state index contributed by atoms with van der Waals surface area (Å²) in [5.74, 6) is 0. The molecule has 198 valence electrons. The molecular formula is C36H28N4S. The summed E-state index contributed by atoms with van der Waals surface area (Å²) in [5, 5.41) is 0. The maximum Gasteiger partial charge on any atom is 0.106 e. The van der Waals surface area contributed by atoms with Gasteiger partial charge in [0, 0.05) is 5.70 Å². The van der Waals surface area contributed by atoms with Crippen molar-refractivity contribution in [1.29, 1.82) is 0 Å². The van der Waals surface area contributed by atoms with E-state index in [-0.39, 0.29) is 0 Å². The summed E-state index contributed by atoms with van der Waals surface area (Å²) in [6, 6.07) is 39.3. The molecular weight excluding hydrogens is 520 g/mol. The Morgan fingerprint density at radius 3 is 1.61 bits per heavy atom. The first-order valence-electron chi connectivity index (χ1n) is 14.0. The lowest BCUT2D eigenvalue weighted by atomic mass is 10.1. The number of hydrogen-bond acceptors (Lipinski definition) is 4. The van der Waals surface area contributed by atoms with Gasteiger partial charge in [-0.05, 0) is 85.3 Å². The van der Waals surface area contributed by atoms with Crippen LogP contribution in [0.25, 0.3) is 0 Å². The topological polar surface area (TPSA) is 13.0 Å². The maximum atomic E-state index is 3.51. The van der Waals surface area contributed by atoms with E-state index in [0.29, 0.717) is 0 Å². The van der Waals surface area contributed by atoms with E-state index in [4.69, 9.17) is 0 Å². The summed E-state index contributed by atoms with van der Waals surface area (Å²) in [7, 11) is -2.29. The first-order valence-corrected chi connectivity index (χ1v) is 15.4. The van der Waals surface area contributed by atoms with Gasteiger partial charge in [-0.25, -0.2) is 4.31 Å². The fourth-order valence-corrected chi connectivity index (χ4v) is 10.4. The van der Waals surface area contributed by atoms with Crippen molar-refractivity contribution in [2.75, 3.05) is 17.2 Å². The minimum atomic E-state index is -2.29. The highest BCUT2D eigenvalue weighted by molar-refractivity contribution is 8.39. The zero-order valence-electron chi connectivity index (χ0n) is 22.5. The van der Waals surface area contributed by atoms with Crippen LogP contribution in [0.5, 0.6) is 0 Å². The van der Waals surface area contributed by atoms with Crippen LogP contribution in [0.2, 0.25) is 0 Å². The second-order valence-corrected chi connectivity index (χ2v) is 12.6. The van der Waals surface area contributed by atoms with Gasteiger partial charge < -0.3 is 0 Å². The average Bonchev–Trinajstić information content (AvgIpc) is 3.51. The van der Waals surface area contributed by atoms with Crippen molar-refractivity contribution >= 4 is 44.9 Å². The summed E-state index contributed by atoms with van der Waals surface area (Å²) in [4.78, 5) is 0. The van der Waals surface area contributed by atoms with Crippen LogP contribution in [0.4, 0.5) is 34.1 Å². The molecule has 0 radical (unpaired) electrons. The molecule has 0 saturated heterocycles. The zero-order chi connectivity index (χ0) is 27.2. The fourth-order valence-electron chi connectivity index (χ4n) is 6.12. The second kappa shape index (κ2) is 9.55. The predicted octanol–water partition coefficient (Wildman–Crippen LogP) is 9.77. The zero-order valence-corrected chi connectivity index (χ0v) is 23.3. The Bertz CT molecular complexity index is 1800. The number of fused-ring (bicyclic) bond motifs is 2. The number of allylic oxidation sites excluding steroid dienone is 7. The number of benzene rings is 4. The van der Waals surface area contributed by atoms with E-state index in [1.54, 1.807) is 0 Å². The Labute approximate surface area is 242 Å². The molecule has 4 aromatic rings. The van der Waals surface area contributed by atoms with Crippen LogP contribution in [0, 0.1) is 0 Å². The quantitative estimate of drug-likeness (QED) is 0.235. The van der Waals surface area contributed by atoms with E-state index in [2.05, 4.69) is 168 Å². The van der Waals surface area contributed by atoms with Crippen LogP contribution in [-0.4, -0.2) is 0 Å². The van der Waals surface area contributed by atoms with Gasteiger partial charge in [-0.15, -0.1) is 0 Å². The molecule has 2 heterocycles. The van der Waals surface area contributed by atoms with Crippen molar-refractivity contribution in [3.8, 4) is 0 Å². The molecule has 1 atom stereocenters. The average molecular weight is 549 g/mol. The Kier molecular flexibility index (Phi) is 5.54. The number of anilines is 6. The van der Waals surface area contributed by atoms with Crippen LogP contribution < -0.4 is 17.2 Å². The predicted molar refractivity (Wildman–Crippen MR) is 173 cm³/mol. The third-order valence-corrected chi connectivity index (χ3v) is 11.3. The standard InChI is InChI=1S/C36H28N4S/c1-5-17-29(18-6-1)37-33-25-13-14-26-34(33)38(30-19-7-2-8-20-30)41(37)39(31-21-9-3-10-22-31)35-27-15-16-28-36(35)40(41)32-23-11-4-12-24-32/h1-7,9-11,13-19,21-23,25-28H,8,20H2. The third-order valence-electron chi connectivity index (χ3n) is 7.71. The van der Waals surface area contributed by atoms with Gasteiger partial charge in [-0.1, -0.05) is 84.6 Å². The highest BCUT2D eigenvalue weighted by Gasteiger charge is 2.61. The molecule has 0 bridgehead atoms. The van der Waals surface area contributed by atoms with Gasteiger partial charge in [0.05, 0.1) is 34.1 Å². The molecule has 4 aromatic carbocycles. The SMILES string of the molecule is C1=C=C(N2c3ccccc3N(c3ccccc3)S23N(C2=CC=CCC2)c2ccccc2N3c2ccccc2)C=CC=1. The van der Waals surface area contributed by atoms with E-state index in [1.807, 2.05) is 6.08 Å². The largest absolute Gasteiger partial charge is 0.257 e. The normalized spacial score (nSPS) is 21.6. The number of rotatable bonds is 4. The third kappa shape index (κ3) is 3.45. The molecule has 1 spiro atoms. The van der Waals surface area contributed by atoms with Gasteiger partial charge in [0.25, 0.3) is 0 Å². The summed E-state index contributed by atoms with van der Waals surface area (Å²) in [6.07, 6.45) is 14.9. The number of nitrogens with zero attached hydrogens (tertiary/aromatic N) is 4. The monoisotopic (exact) mass is 548 g/mol. The fraction of sp³-hybridized carbons (Fsp3) is 0.0556. The molecule has 0 amide bonds. The molecule has 41 heavy (non-hydrogen) atoms. The number of para-hydroxylation sites is 6. The molecule has 0 N–H and O–H groups in total. The molecule has 4 aliphatic rings. The smallest absolute Gasteiger partial charge is 0.106 e. The van der Waals surface area contributed by atoms with Crippen LogP contribution in [-0.2, 0) is 0 Å². The van der Waals surface area contributed by atoms with Gasteiger partial charge >= 0.3 is 0 Å². The van der Waals surface area contributed by atoms with E-state index in [0.717, 1.165) is 41.3 Å². The van der Waals surface area contributed by atoms with E-state index >= 15 is 0 Å². The van der Waals surface area contributed by atoms with Gasteiger partial charge in [0.15, 0.2) is 0 Å². The van der Waals surface area contributed by atoms with Gasteiger partial charge in [0.2, 0.25) is 0 Å². The second-order valence-electron chi connectivity index (χ2n) is 10.1. The van der Waals surface area contributed by atoms with Crippen molar-refractivity contribution < 1.29 is 0 Å². The van der Waals surface area contributed by atoms with Gasteiger partial charge in [-0.3, -0.25) is 12.9 Å². The van der Waals surface area contributed by atoms with Crippen molar-refractivity contribution in [3.63, 3.8) is 0 Å². The lowest BCUT2D eigenvalue weighted by molar-refractivity contribution is 0.940. The summed E-state index contributed by atoms with van der Waals surface area (Å²) < 4.78 is 10.3.